The van der Waals surface area contributed by atoms with Crippen LogP contribution in [-0.2, 0) is 17.5 Å². The molecule has 0 atom stereocenters. The topological polar surface area (TPSA) is 76.8 Å². The SMILES string of the molecule is NC1=C(C(=O)Nc2ccc3c(c2)OCO3)CCN(Cc2cccc(C(F)(F)F)c2)C1. The molecule has 3 N–H and O–H groups in total. The van der Waals surface area contributed by atoms with Gasteiger partial charge in [-0.2, -0.15) is 13.2 Å². The quantitative estimate of drug-likeness (QED) is 0.794. The molecule has 0 bridgehead atoms. The van der Waals surface area contributed by atoms with Crippen molar-refractivity contribution in [3.63, 3.8) is 0 Å². The molecule has 2 heterocycles. The highest BCUT2D eigenvalue weighted by molar-refractivity contribution is 6.04. The molecule has 0 aromatic heterocycles. The van der Waals surface area contributed by atoms with Gasteiger partial charge in [0.1, 0.15) is 0 Å². The van der Waals surface area contributed by atoms with Crippen LogP contribution in [0.15, 0.2) is 53.7 Å². The van der Waals surface area contributed by atoms with Gasteiger partial charge in [0, 0.05) is 42.7 Å². The molecule has 4 rings (SSSR count). The first-order chi connectivity index (χ1) is 14.3. The second-order valence-corrected chi connectivity index (χ2v) is 7.18. The van der Waals surface area contributed by atoms with Gasteiger partial charge in [-0.15, -0.1) is 0 Å². The van der Waals surface area contributed by atoms with Gasteiger partial charge in [0.2, 0.25) is 6.79 Å². The Kier molecular flexibility index (Phi) is 5.29. The number of anilines is 1. The number of halogens is 3. The lowest BCUT2D eigenvalue weighted by Gasteiger charge is -2.29. The van der Waals surface area contributed by atoms with Crippen LogP contribution in [0.5, 0.6) is 11.5 Å². The number of hydrogen-bond donors (Lipinski definition) is 2. The maximum absolute atomic E-state index is 12.9. The van der Waals surface area contributed by atoms with Crippen LogP contribution in [0, 0.1) is 0 Å². The molecule has 0 spiro atoms. The first-order valence-electron chi connectivity index (χ1n) is 9.36. The third kappa shape index (κ3) is 4.35. The van der Waals surface area contributed by atoms with E-state index in [1.807, 2.05) is 4.90 Å². The Morgan fingerprint density at radius 1 is 1.13 bits per heavy atom. The largest absolute Gasteiger partial charge is 0.454 e. The number of carbonyl (C=O) groups is 1. The molecule has 6 nitrogen and oxygen atoms in total. The molecule has 30 heavy (non-hydrogen) atoms. The smallest absolute Gasteiger partial charge is 0.416 e. The molecule has 0 fully saturated rings. The van der Waals surface area contributed by atoms with Gasteiger partial charge in [0.05, 0.1) is 5.56 Å². The predicted molar refractivity (Wildman–Crippen MR) is 104 cm³/mol. The number of rotatable bonds is 4. The Labute approximate surface area is 171 Å². The number of nitrogens with two attached hydrogens (primary N) is 1. The molecular weight excluding hydrogens is 399 g/mol. The Hall–Kier alpha value is -3.20. The van der Waals surface area contributed by atoms with Crippen molar-refractivity contribution in [2.24, 2.45) is 5.73 Å². The highest BCUT2D eigenvalue weighted by atomic mass is 19.4. The summed E-state index contributed by atoms with van der Waals surface area (Å²) in [5, 5.41) is 2.80. The summed E-state index contributed by atoms with van der Waals surface area (Å²) in [7, 11) is 0. The molecule has 9 heteroatoms. The van der Waals surface area contributed by atoms with E-state index >= 15 is 0 Å². The highest BCUT2D eigenvalue weighted by Crippen LogP contribution is 2.34. The van der Waals surface area contributed by atoms with Crippen LogP contribution < -0.4 is 20.5 Å². The summed E-state index contributed by atoms with van der Waals surface area (Å²) in [5.41, 5.74) is 7.44. The Morgan fingerprint density at radius 2 is 1.93 bits per heavy atom. The van der Waals surface area contributed by atoms with E-state index in [1.54, 1.807) is 24.3 Å². The predicted octanol–water partition coefficient (Wildman–Crippen LogP) is 3.49. The fourth-order valence-corrected chi connectivity index (χ4v) is 3.53. The number of amides is 1. The van der Waals surface area contributed by atoms with Crippen molar-refractivity contribution in [2.45, 2.75) is 19.1 Å². The van der Waals surface area contributed by atoms with E-state index in [4.69, 9.17) is 15.2 Å². The maximum Gasteiger partial charge on any atom is 0.416 e. The number of carbonyl (C=O) groups excluding carboxylic acids is 1. The minimum absolute atomic E-state index is 0.145. The average molecular weight is 419 g/mol. The van der Waals surface area contributed by atoms with Gasteiger partial charge < -0.3 is 20.5 Å². The lowest BCUT2D eigenvalue weighted by Crippen LogP contribution is -2.36. The highest BCUT2D eigenvalue weighted by Gasteiger charge is 2.30. The van der Waals surface area contributed by atoms with E-state index < -0.39 is 11.7 Å². The first-order valence-corrected chi connectivity index (χ1v) is 9.36. The second kappa shape index (κ2) is 7.91. The summed E-state index contributed by atoms with van der Waals surface area (Å²) < 4.78 is 49.2. The second-order valence-electron chi connectivity index (χ2n) is 7.18. The van der Waals surface area contributed by atoms with Crippen LogP contribution >= 0.6 is 0 Å². The normalized spacial score (nSPS) is 16.6. The Bertz CT molecular complexity index is 1000. The van der Waals surface area contributed by atoms with E-state index in [0.29, 0.717) is 60.1 Å². The van der Waals surface area contributed by atoms with E-state index in [-0.39, 0.29) is 12.7 Å². The van der Waals surface area contributed by atoms with Gasteiger partial charge in [0.25, 0.3) is 5.91 Å². The minimum atomic E-state index is -4.38. The maximum atomic E-state index is 12.9. The number of nitrogens with zero attached hydrogens (tertiary/aromatic N) is 1. The van der Waals surface area contributed by atoms with Crippen molar-refractivity contribution >= 4 is 11.6 Å². The monoisotopic (exact) mass is 419 g/mol. The lowest BCUT2D eigenvalue weighted by atomic mass is 10.0. The molecule has 0 saturated carbocycles. The molecule has 0 unspecified atom stereocenters. The van der Waals surface area contributed by atoms with Crippen molar-refractivity contribution in [1.29, 1.82) is 0 Å². The van der Waals surface area contributed by atoms with E-state index in [0.717, 1.165) is 12.1 Å². The molecular formula is C21H20F3N3O3. The number of benzene rings is 2. The van der Waals surface area contributed by atoms with E-state index in [9.17, 15) is 18.0 Å². The van der Waals surface area contributed by atoms with Gasteiger partial charge in [-0.1, -0.05) is 18.2 Å². The van der Waals surface area contributed by atoms with Crippen LogP contribution in [-0.4, -0.2) is 30.7 Å². The fourth-order valence-electron chi connectivity index (χ4n) is 3.53. The number of alkyl halides is 3. The van der Waals surface area contributed by atoms with E-state index in [2.05, 4.69) is 5.32 Å². The van der Waals surface area contributed by atoms with Crippen LogP contribution in [0.1, 0.15) is 17.5 Å². The molecule has 0 radical (unpaired) electrons. The third-order valence-corrected chi connectivity index (χ3v) is 5.02. The Morgan fingerprint density at radius 3 is 2.70 bits per heavy atom. The zero-order valence-electron chi connectivity index (χ0n) is 16.0. The zero-order chi connectivity index (χ0) is 21.3. The first kappa shape index (κ1) is 20.1. The lowest BCUT2D eigenvalue weighted by molar-refractivity contribution is -0.137. The average Bonchev–Trinajstić information content (AvgIpc) is 3.15. The summed E-state index contributed by atoms with van der Waals surface area (Å²) in [6.07, 6.45) is -3.97. The summed E-state index contributed by atoms with van der Waals surface area (Å²) >= 11 is 0. The van der Waals surface area contributed by atoms with Crippen molar-refractivity contribution in [3.8, 4) is 11.5 Å². The van der Waals surface area contributed by atoms with Crippen LogP contribution in [0.2, 0.25) is 0 Å². The Balaban J connectivity index is 1.40. The molecule has 0 saturated heterocycles. The standard InChI is InChI=1S/C21H20F3N3O3/c22-21(23,24)14-3-1-2-13(8-14)10-27-7-6-16(17(25)11-27)20(28)26-15-4-5-18-19(9-15)30-12-29-18/h1-5,8-9H,6-7,10-12,25H2,(H,26,28). The number of hydrogen-bond acceptors (Lipinski definition) is 5. The molecule has 2 aromatic carbocycles. The van der Waals surface area contributed by atoms with Gasteiger partial charge in [-0.25, -0.2) is 0 Å². The van der Waals surface area contributed by atoms with Gasteiger partial charge >= 0.3 is 6.18 Å². The fraction of sp³-hybridized carbons (Fsp3) is 0.286. The molecule has 0 aliphatic carbocycles. The molecule has 1 amide bonds. The molecule has 2 aliphatic rings. The summed E-state index contributed by atoms with van der Waals surface area (Å²) in [6, 6.07) is 10.3. The molecule has 158 valence electrons. The van der Waals surface area contributed by atoms with Crippen molar-refractivity contribution < 1.29 is 27.4 Å². The van der Waals surface area contributed by atoms with Crippen LogP contribution in [0.25, 0.3) is 0 Å². The summed E-state index contributed by atoms with van der Waals surface area (Å²) in [5.74, 6) is 0.880. The van der Waals surface area contributed by atoms with Gasteiger partial charge in [0.15, 0.2) is 11.5 Å². The van der Waals surface area contributed by atoms with Crippen LogP contribution in [0.3, 0.4) is 0 Å². The summed E-state index contributed by atoms with van der Waals surface area (Å²) in [6.45, 7) is 1.29. The number of fused-ring (bicyclic) bond motifs is 1. The third-order valence-electron chi connectivity index (χ3n) is 5.02. The van der Waals surface area contributed by atoms with Gasteiger partial charge in [-0.05, 0) is 30.2 Å². The van der Waals surface area contributed by atoms with Gasteiger partial charge in [-0.3, -0.25) is 9.69 Å². The molecule has 2 aliphatic heterocycles. The zero-order valence-corrected chi connectivity index (χ0v) is 16.0. The minimum Gasteiger partial charge on any atom is -0.454 e. The van der Waals surface area contributed by atoms with Crippen molar-refractivity contribution in [3.05, 3.63) is 64.9 Å². The van der Waals surface area contributed by atoms with E-state index in [1.165, 1.54) is 6.07 Å². The number of ether oxygens (including phenoxy) is 2. The van der Waals surface area contributed by atoms with Crippen molar-refractivity contribution in [2.75, 3.05) is 25.2 Å². The summed E-state index contributed by atoms with van der Waals surface area (Å²) in [4.78, 5) is 14.6. The van der Waals surface area contributed by atoms with Crippen LogP contribution in [0.4, 0.5) is 18.9 Å². The van der Waals surface area contributed by atoms with Crippen molar-refractivity contribution in [1.82, 2.24) is 4.90 Å². The molecule has 2 aromatic rings. The number of nitrogens with one attached hydrogen (secondary N) is 1.